The van der Waals surface area contributed by atoms with E-state index in [0.29, 0.717) is 6.54 Å². The van der Waals surface area contributed by atoms with Gasteiger partial charge in [-0.3, -0.25) is 4.79 Å². The lowest BCUT2D eigenvalue weighted by Crippen LogP contribution is -2.22. The molecule has 1 saturated heterocycles. The molecule has 1 aromatic carbocycles. The van der Waals surface area contributed by atoms with E-state index in [1.54, 1.807) is 0 Å². The van der Waals surface area contributed by atoms with Crippen molar-refractivity contribution in [3.05, 3.63) is 35.4 Å². The van der Waals surface area contributed by atoms with Crippen LogP contribution in [0.15, 0.2) is 24.3 Å². The molecule has 0 spiro atoms. The smallest absolute Gasteiger partial charge is 0.310 e. The third-order valence-electron chi connectivity index (χ3n) is 3.19. The molecule has 1 aliphatic rings. The highest BCUT2D eigenvalue weighted by Gasteiger charge is 2.34. The fraction of sp³-hybridized carbons (Fsp3) is 0.462. The van der Waals surface area contributed by atoms with Gasteiger partial charge >= 0.3 is 5.97 Å². The second-order valence-corrected chi connectivity index (χ2v) is 4.31. The van der Waals surface area contributed by atoms with Crippen LogP contribution in [0.1, 0.15) is 17.0 Å². The number of rotatable bonds is 2. The largest absolute Gasteiger partial charge is 0.469 e. The van der Waals surface area contributed by atoms with E-state index in [2.05, 4.69) is 30.4 Å². The lowest BCUT2D eigenvalue weighted by Gasteiger charge is -2.17. The van der Waals surface area contributed by atoms with Crippen LogP contribution in [0.25, 0.3) is 0 Å². The van der Waals surface area contributed by atoms with Gasteiger partial charge in [0, 0.05) is 19.0 Å². The normalized spacial score (nSPS) is 24.4. The van der Waals surface area contributed by atoms with E-state index in [4.69, 9.17) is 4.74 Å². The standard InChI is InChI=1S/C13H17NO2/c1-9-4-3-5-10(6-9)11-7-14-8-12(11)13(15)16-2/h3-6,11-12,14H,7-8H2,1-2H3/t11-,12+/m1/s1. The molecule has 0 aromatic heterocycles. The Hall–Kier alpha value is -1.35. The molecular formula is C13H17NO2. The minimum atomic E-state index is -0.114. The lowest BCUT2D eigenvalue weighted by atomic mass is 9.88. The number of methoxy groups -OCH3 is 1. The molecule has 86 valence electrons. The molecule has 16 heavy (non-hydrogen) atoms. The van der Waals surface area contributed by atoms with Crippen LogP contribution in [-0.4, -0.2) is 26.2 Å². The molecule has 0 bridgehead atoms. The molecular weight excluding hydrogens is 202 g/mol. The topological polar surface area (TPSA) is 38.3 Å². The molecule has 1 fully saturated rings. The maximum Gasteiger partial charge on any atom is 0.310 e. The molecule has 0 radical (unpaired) electrons. The summed E-state index contributed by atoms with van der Waals surface area (Å²) in [5, 5.41) is 3.25. The second-order valence-electron chi connectivity index (χ2n) is 4.31. The SMILES string of the molecule is COC(=O)[C@H]1CNC[C@@H]1c1cccc(C)c1. The van der Waals surface area contributed by atoms with Gasteiger partial charge in [-0.25, -0.2) is 0 Å². The molecule has 0 saturated carbocycles. The van der Waals surface area contributed by atoms with Crippen molar-refractivity contribution in [2.75, 3.05) is 20.2 Å². The molecule has 0 amide bonds. The van der Waals surface area contributed by atoms with Gasteiger partial charge in [0.25, 0.3) is 0 Å². The first-order chi connectivity index (χ1) is 7.72. The fourth-order valence-corrected chi connectivity index (χ4v) is 2.33. The zero-order valence-electron chi connectivity index (χ0n) is 9.69. The Balaban J connectivity index is 2.23. The Bertz CT molecular complexity index is 389. The first kappa shape index (κ1) is 11.1. The van der Waals surface area contributed by atoms with Gasteiger partial charge in [0.1, 0.15) is 0 Å². The Labute approximate surface area is 95.8 Å². The summed E-state index contributed by atoms with van der Waals surface area (Å²) < 4.78 is 4.84. The number of hydrogen-bond acceptors (Lipinski definition) is 3. The van der Waals surface area contributed by atoms with Crippen molar-refractivity contribution in [1.82, 2.24) is 5.32 Å². The van der Waals surface area contributed by atoms with Gasteiger partial charge in [-0.15, -0.1) is 0 Å². The number of esters is 1. The van der Waals surface area contributed by atoms with Crippen LogP contribution in [0.4, 0.5) is 0 Å². The summed E-state index contributed by atoms with van der Waals surface area (Å²) in [6.07, 6.45) is 0. The number of aryl methyl sites for hydroxylation is 1. The minimum Gasteiger partial charge on any atom is -0.469 e. The van der Waals surface area contributed by atoms with Gasteiger partial charge < -0.3 is 10.1 Å². The Kier molecular flexibility index (Phi) is 3.25. The zero-order chi connectivity index (χ0) is 11.5. The average molecular weight is 219 g/mol. The van der Waals surface area contributed by atoms with Crippen LogP contribution < -0.4 is 5.32 Å². The summed E-state index contributed by atoms with van der Waals surface area (Å²) >= 11 is 0. The van der Waals surface area contributed by atoms with E-state index < -0.39 is 0 Å². The van der Waals surface area contributed by atoms with E-state index in [9.17, 15) is 4.79 Å². The third kappa shape index (κ3) is 2.09. The van der Waals surface area contributed by atoms with Crippen molar-refractivity contribution in [2.24, 2.45) is 5.92 Å². The summed E-state index contributed by atoms with van der Waals surface area (Å²) in [5.41, 5.74) is 2.45. The van der Waals surface area contributed by atoms with E-state index in [1.807, 2.05) is 6.07 Å². The molecule has 2 atom stereocenters. The van der Waals surface area contributed by atoms with Crippen LogP contribution in [-0.2, 0) is 9.53 Å². The molecule has 0 unspecified atom stereocenters. The molecule has 3 heteroatoms. The van der Waals surface area contributed by atoms with Crippen LogP contribution >= 0.6 is 0 Å². The minimum absolute atomic E-state index is 0.0493. The van der Waals surface area contributed by atoms with Gasteiger partial charge in [0.15, 0.2) is 0 Å². The molecule has 1 heterocycles. The Morgan fingerprint density at radius 1 is 1.44 bits per heavy atom. The summed E-state index contributed by atoms with van der Waals surface area (Å²) in [6.45, 7) is 3.63. The van der Waals surface area contributed by atoms with Crippen molar-refractivity contribution in [3.63, 3.8) is 0 Å². The third-order valence-corrected chi connectivity index (χ3v) is 3.19. The predicted octanol–water partition coefficient (Wildman–Crippen LogP) is 1.47. The van der Waals surface area contributed by atoms with Crippen molar-refractivity contribution in [2.45, 2.75) is 12.8 Å². The van der Waals surface area contributed by atoms with Crippen LogP contribution in [0.2, 0.25) is 0 Å². The Morgan fingerprint density at radius 2 is 2.25 bits per heavy atom. The molecule has 1 aliphatic heterocycles. The first-order valence-electron chi connectivity index (χ1n) is 5.57. The fourth-order valence-electron chi connectivity index (χ4n) is 2.33. The summed E-state index contributed by atoms with van der Waals surface area (Å²) in [7, 11) is 1.45. The van der Waals surface area contributed by atoms with Crippen molar-refractivity contribution < 1.29 is 9.53 Å². The highest BCUT2D eigenvalue weighted by Crippen LogP contribution is 2.29. The van der Waals surface area contributed by atoms with E-state index >= 15 is 0 Å². The van der Waals surface area contributed by atoms with Gasteiger partial charge in [-0.05, 0) is 12.5 Å². The zero-order valence-corrected chi connectivity index (χ0v) is 9.69. The van der Waals surface area contributed by atoms with Crippen molar-refractivity contribution in [3.8, 4) is 0 Å². The number of carbonyl (C=O) groups is 1. The number of hydrogen-bond donors (Lipinski definition) is 1. The van der Waals surface area contributed by atoms with E-state index in [-0.39, 0.29) is 17.8 Å². The summed E-state index contributed by atoms with van der Waals surface area (Å²) in [6, 6.07) is 8.34. The molecule has 1 N–H and O–H groups in total. The van der Waals surface area contributed by atoms with E-state index in [0.717, 1.165) is 6.54 Å². The second kappa shape index (κ2) is 4.66. The van der Waals surface area contributed by atoms with Crippen molar-refractivity contribution >= 4 is 5.97 Å². The van der Waals surface area contributed by atoms with Crippen LogP contribution in [0, 0.1) is 12.8 Å². The number of carbonyl (C=O) groups excluding carboxylic acids is 1. The first-order valence-corrected chi connectivity index (χ1v) is 5.57. The number of ether oxygens (including phenoxy) is 1. The van der Waals surface area contributed by atoms with Gasteiger partial charge in [0.2, 0.25) is 0 Å². The maximum absolute atomic E-state index is 11.6. The monoisotopic (exact) mass is 219 g/mol. The van der Waals surface area contributed by atoms with Gasteiger partial charge in [-0.1, -0.05) is 29.8 Å². The summed E-state index contributed by atoms with van der Waals surface area (Å²) in [5.74, 6) is 0.0793. The van der Waals surface area contributed by atoms with Crippen molar-refractivity contribution in [1.29, 1.82) is 0 Å². The molecule has 1 aromatic rings. The number of nitrogens with one attached hydrogen (secondary N) is 1. The average Bonchev–Trinajstić information content (AvgIpc) is 2.77. The Morgan fingerprint density at radius 3 is 2.94 bits per heavy atom. The van der Waals surface area contributed by atoms with Gasteiger partial charge in [0.05, 0.1) is 13.0 Å². The molecule has 2 rings (SSSR count). The maximum atomic E-state index is 11.6. The van der Waals surface area contributed by atoms with Crippen LogP contribution in [0.5, 0.6) is 0 Å². The number of benzene rings is 1. The summed E-state index contributed by atoms with van der Waals surface area (Å²) in [4.78, 5) is 11.6. The van der Waals surface area contributed by atoms with Crippen LogP contribution in [0.3, 0.4) is 0 Å². The van der Waals surface area contributed by atoms with E-state index in [1.165, 1.54) is 18.2 Å². The van der Waals surface area contributed by atoms with Gasteiger partial charge in [-0.2, -0.15) is 0 Å². The lowest BCUT2D eigenvalue weighted by molar-refractivity contribution is -0.145. The highest BCUT2D eigenvalue weighted by molar-refractivity contribution is 5.74. The molecule has 0 aliphatic carbocycles. The molecule has 3 nitrogen and oxygen atoms in total. The highest BCUT2D eigenvalue weighted by atomic mass is 16.5. The quantitative estimate of drug-likeness (QED) is 0.765. The predicted molar refractivity (Wildman–Crippen MR) is 62.3 cm³/mol.